The van der Waals surface area contributed by atoms with Crippen molar-refractivity contribution in [3.8, 4) is 46.0 Å². The minimum atomic E-state index is -0.406. The Bertz CT molecular complexity index is 4150. The molecule has 11 rings (SSSR count). The molecule has 9 aromatic rings. The van der Waals surface area contributed by atoms with Gasteiger partial charge >= 0.3 is 0 Å². The van der Waals surface area contributed by atoms with E-state index in [-0.39, 0.29) is 24.9 Å². The first kappa shape index (κ1) is 81.7. The lowest BCUT2D eigenvalue weighted by Crippen LogP contribution is -2.43. The summed E-state index contributed by atoms with van der Waals surface area (Å²) in [4.78, 5) is 67.2. The van der Waals surface area contributed by atoms with Crippen LogP contribution in [-0.4, -0.2) is 46.5 Å². The van der Waals surface area contributed by atoms with Crippen LogP contribution in [0.25, 0.3) is 43.1 Å². The number of aryl methyl sites for hydroxylation is 4. The minimum Gasteiger partial charge on any atom is -0.457 e. The van der Waals surface area contributed by atoms with Gasteiger partial charge in [0.15, 0.2) is 0 Å². The van der Waals surface area contributed by atoms with E-state index in [0.29, 0.717) is 111 Å². The monoisotopic (exact) mass is 1470 g/mol. The van der Waals surface area contributed by atoms with E-state index < -0.39 is 23.6 Å². The highest BCUT2D eigenvalue weighted by Crippen LogP contribution is 2.58. The van der Waals surface area contributed by atoms with Crippen molar-refractivity contribution < 1.29 is 38.1 Å². The highest BCUT2D eigenvalue weighted by molar-refractivity contribution is 6.44. The van der Waals surface area contributed by atoms with Crippen LogP contribution < -0.4 is 18.9 Å². The first-order chi connectivity index (χ1) is 53.4. The number of amides is 4. The molecule has 582 valence electrons. The number of ether oxygens (including phenoxy) is 4. The first-order valence-electron chi connectivity index (χ1n) is 43.6. The zero-order valence-corrected chi connectivity index (χ0v) is 67.9. The van der Waals surface area contributed by atoms with Gasteiger partial charge in [0.1, 0.15) is 46.0 Å². The van der Waals surface area contributed by atoms with Crippen molar-refractivity contribution in [1.29, 1.82) is 0 Å². The lowest BCUT2D eigenvalue weighted by molar-refractivity contribution is 0.0567. The number of hydrogen-bond donors (Lipinski definition) is 0. The van der Waals surface area contributed by atoms with Crippen molar-refractivity contribution in [3.05, 3.63) is 166 Å². The van der Waals surface area contributed by atoms with Crippen molar-refractivity contribution >= 4 is 66.7 Å². The van der Waals surface area contributed by atoms with Crippen LogP contribution in [-0.2, 0) is 25.7 Å². The molecule has 0 saturated carbocycles. The molecule has 0 radical (unpaired) electrons. The molecular formula is C99H128N2O8. The second-order valence-electron chi connectivity index (χ2n) is 32.3. The van der Waals surface area contributed by atoms with E-state index in [9.17, 15) is 0 Å². The van der Waals surface area contributed by atoms with E-state index in [4.69, 9.17) is 18.9 Å². The molecule has 0 bridgehead atoms. The molecule has 109 heavy (non-hydrogen) atoms. The summed E-state index contributed by atoms with van der Waals surface area (Å²) >= 11 is 0. The molecule has 0 fully saturated rings. The molecule has 2 aliphatic heterocycles. The van der Waals surface area contributed by atoms with Gasteiger partial charge in [-0.2, -0.15) is 0 Å². The second-order valence-corrected chi connectivity index (χ2v) is 32.3. The summed E-state index contributed by atoms with van der Waals surface area (Å²) in [7, 11) is 0. The average molecular weight is 1470 g/mol. The lowest BCUT2D eigenvalue weighted by Gasteiger charge is -2.34. The Hall–Kier alpha value is -8.24. The van der Waals surface area contributed by atoms with E-state index in [1.807, 2.05) is 72.8 Å². The Balaban J connectivity index is 1.18. The molecule has 10 nitrogen and oxygen atoms in total. The van der Waals surface area contributed by atoms with Crippen LogP contribution in [0, 0.1) is 11.8 Å². The molecule has 2 aliphatic rings. The van der Waals surface area contributed by atoms with Gasteiger partial charge in [-0.15, -0.1) is 0 Å². The average Bonchev–Trinajstić information content (AvgIpc) is 0.672. The van der Waals surface area contributed by atoms with Gasteiger partial charge in [0.05, 0.1) is 22.3 Å². The summed E-state index contributed by atoms with van der Waals surface area (Å²) in [5, 5.41) is 4.18. The number of carbonyl (C=O) groups excluding carboxylic acids is 4. The van der Waals surface area contributed by atoms with Gasteiger partial charge in [-0.1, -0.05) is 290 Å². The van der Waals surface area contributed by atoms with Crippen LogP contribution in [0.15, 0.2) is 121 Å². The van der Waals surface area contributed by atoms with Gasteiger partial charge in [0.25, 0.3) is 23.6 Å². The Morgan fingerprint density at radius 1 is 0.266 bits per heavy atom. The molecule has 0 saturated heterocycles. The molecule has 0 N–H and O–H groups in total. The standard InChI is InChI=1S/C99H128N2O8/c1-9-16-22-26-30-34-38-44-72-48-56-76(57-49-72)106-84-64-80-88-81(97(103)100(96(80)102)68-70(8)42-20-13-5)65-85(107-77-58-50-73(51-59-77)45-39-35-31-27-23-17-10-2)91-93-87(109-79-62-54-75(55-63-79)47-41-37-33-29-25-19-12-4)67-83-89-82(98(104)101(99(83)105)69-71(15-7)43-21-14-6)66-86(92(95(89)93)90(84)94(88)91)108-78-60-52-74(53-61-78)46-40-36-32-28-24-18-11-3/h48-67,70-71H,9-47,68-69H2,1-8H3. The molecule has 9 aromatic carbocycles. The van der Waals surface area contributed by atoms with Crippen LogP contribution in [0.5, 0.6) is 46.0 Å². The summed E-state index contributed by atoms with van der Waals surface area (Å²) in [6.07, 6.45) is 44.4. The van der Waals surface area contributed by atoms with E-state index >= 15 is 19.2 Å². The van der Waals surface area contributed by atoms with E-state index in [1.54, 1.807) is 0 Å². The Kier molecular flexibility index (Phi) is 31.3. The van der Waals surface area contributed by atoms with Crippen molar-refractivity contribution in [3.63, 3.8) is 0 Å². The Labute approximate surface area is 653 Å². The Morgan fingerprint density at radius 2 is 0.505 bits per heavy atom. The largest absolute Gasteiger partial charge is 0.457 e. The zero-order valence-electron chi connectivity index (χ0n) is 67.9. The number of unbranched alkanes of at least 4 members (excludes halogenated alkanes) is 26. The van der Waals surface area contributed by atoms with Crippen molar-refractivity contribution in [2.45, 2.75) is 306 Å². The minimum absolute atomic E-state index is 0.0214. The number of nitrogens with zero attached hydrogens (tertiary/aromatic N) is 2. The smallest absolute Gasteiger partial charge is 0.261 e. The molecule has 2 unspecified atom stereocenters. The predicted octanol–water partition coefficient (Wildman–Crippen LogP) is 29.3. The maximum Gasteiger partial charge on any atom is 0.261 e. The maximum atomic E-state index is 16.1. The van der Waals surface area contributed by atoms with Crippen LogP contribution >= 0.6 is 0 Å². The molecule has 4 amide bonds. The van der Waals surface area contributed by atoms with Crippen LogP contribution in [0.2, 0.25) is 0 Å². The van der Waals surface area contributed by atoms with E-state index in [2.05, 4.69) is 104 Å². The number of imide groups is 2. The summed E-state index contributed by atoms with van der Waals surface area (Å²) in [5.74, 6) is 2.12. The fourth-order valence-electron chi connectivity index (χ4n) is 16.9. The summed E-state index contributed by atoms with van der Waals surface area (Å²) in [6, 6.07) is 40.7. The predicted molar refractivity (Wildman–Crippen MR) is 453 cm³/mol. The normalized spacial score (nSPS) is 13.5. The summed E-state index contributed by atoms with van der Waals surface area (Å²) in [5.41, 5.74) is 6.16. The highest BCUT2D eigenvalue weighted by Gasteiger charge is 2.42. The second kappa shape index (κ2) is 41.7. The lowest BCUT2D eigenvalue weighted by atomic mass is 9.80. The van der Waals surface area contributed by atoms with Crippen LogP contribution in [0.3, 0.4) is 0 Å². The number of benzene rings is 9. The molecule has 0 aromatic heterocycles. The van der Waals surface area contributed by atoms with Crippen LogP contribution in [0.4, 0.5) is 0 Å². The van der Waals surface area contributed by atoms with Crippen molar-refractivity contribution in [1.82, 2.24) is 9.80 Å². The molecule has 10 heteroatoms. The maximum absolute atomic E-state index is 16.1. The van der Waals surface area contributed by atoms with E-state index in [0.717, 1.165) is 96.3 Å². The molecule has 0 aliphatic carbocycles. The fraction of sp³-hybridized carbons (Fsp3) is 0.515. The topological polar surface area (TPSA) is 112 Å². The van der Waals surface area contributed by atoms with Gasteiger partial charge in [-0.05, 0) is 171 Å². The van der Waals surface area contributed by atoms with Gasteiger partial charge in [-0.25, -0.2) is 0 Å². The van der Waals surface area contributed by atoms with Crippen molar-refractivity contribution in [2.75, 3.05) is 13.1 Å². The zero-order chi connectivity index (χ0) is 76.4. The quantitative estimate of drug-likeness (QED) is 0.0160. The highest BCUT2D eigenvalue weighted by atomic mass is 16.5. The van der Waals surface area contributed by atoms with Crippen molar-refractivity contribution in [2.24, 2.45) is 11.8 Å². The van der Waals surface area contributed by atoms with Gasteiger partial charge in [0.2, 0.25) is 0 Å². The van der Waals surface area contributed by atoms with Gasteiger partial charge in [-0.3, -0.25) is 29.0 Å². The first-order valence-corrected chi connectivity index (χ1v) is 43.6. The molecule has 2 atom stereocenters. The van der Waals surface area contributed by atoms with E-state index in [1.165, 1.54) is 186 Å². The number of fused-ring (bicyclic) bond motifs is 2. The Morgan fingerprint density at radius 3 is 0.761 bits per heavy atom. The molecular weight excluding hydrogens is 1350 g/mol. The third-order valence-corrected chi connectivity index (χ3v) is 23.5. The summed E-state index contributed by atoms with van der Waals surface area (Å²) in [6.45, 7) is 18.1. The van der Waals surface area contributed by atoms with Gasteiger partial charge in [0, 0.05) is 56.2 Å². The molecule has 0 spiro atoms. The van der Waals surface area contributed by atoms with Crippen LogP contribution in [0.1, 0.15) is 344 Å². The number of carbonyl (C=O) groups is 4. The SMILES string of the molecule is CCCCCCCCCc1ccc(Oc2cc3c4c(cc(Oc5ccc(CCCCCCCCC)cc5)c5c6c(Oc7ccc(CCCCCCCCC)cc7)cc7c8c(cc(Oc9ccc(CCCCCCCCC)cc9)c(c2c45)c86)C(=O)N(CC(CC)CCCC)C7=O)C(=O)N(CC(C)CCCC)C3=O)cc1. The number of rotatable bonds is 51. The third-order valence-electron chi connectivity index (χ3n) is 23.5. The fourth-order valence-corrected chi connectivity index (χ4v) is 16.9. The third kappa shape index (κ3) is 20.9. The molecule has 2 heterocycles. The number of hydrogen-bond acceptors (Lipinski definition) is 8. The van der Waals surface area contributed by atoms with Gasteiger partial charge < -0.3 is 18.9 Å². The summed E-state index contributed by atoms with van der Waals surface area (Å²) < 4.78 is 29.9.